The number of azo groups is 1. The van der Waals surface area contributed by atoms with Crippen molar-refractivity contribution in [2.45, 2.75) is 13.5 Å². The molecule has 0 bridgehead atoms. The number of benzene rings is 2. The molecule has 4 nitrogen and oxygen atoms in total. The summed E-state index contributed by atoms with van der Waals surface area (Å²) in [4.78, 5) is 3.29. The smallest absolute Gasteiger partial charge is 0.114 e. The molecule has 6 heteroatoms. The van der Waals surface area contributed by atoms with Gasteiger partial charge in [0.2, 0.25) is 0 Å². The van der Waals surface area contributed by atoms with Crippen molar-refractivity contribution in [3.05, 3.63) is 57.7 Å². The number of aromatic amines is 1. The molecule has 23 heavy (non-hydrogen) atoms. The second kappa shape index (κ2) is 6.71. The van der Waals surface area contributed by atoms with Gasteiger partial charge in [0.1, 0.15) is 11.4 Å². The Morgan fingerprint density at radius 1 is 1.09 bits per heavy atom. The zero-order valence-electron chi connectivity index (χ0n) is 12.8. The molecular weight excluding hydrogens is 331 g/mol. The largest absolute Gasteiger partial charge is 0.357 e. The van der Waals surface area contributed by atoms with Crippen molar-refractivity contribution in [3.8, 4) is 0 Å². The molecule has 3 aromatic rings. The minimum atomic E-state index is 0.529. The lowest BCUT2D eigenvalue weighted by molar-refractivity contribution is 0.818. The van der Waals surface area contributed by atoms with Crippen LogP contribution in [0.3, 0.4) is 0 Å². The van der Waals surface area contributed by atoms with Crippen LogP contribution < -0.4 is 5.32 Å². The van der Waals surface area contributed by atoms with Crippen molar-refractivity contribution in [3.63, 3.8) is 0 Å². The SMILES string of the molecule is CNCc1cc(Cl)c(N=Nc2c(C)[nH]c3ccccc23)cc1Cl. The number of nitrogens with one attached hydrogen (secondary N) is 2. The molecular formula is C17H16Cl2N4. The Hall–Kier alpha value is -1.88. The number of aryl methyl sites for hydroxylation is 1. The number of hydrogen-bond donors (Lipinski definition) is 2. The topological polar surface area (TPSA) is 52.5 Å². The van der Waals surface area contributed by atoms with Gasteiger partial charge in [-0.1, -0.05) is 41.4 Å². The normalized spacial score (nSPS) is 11.7. The van der Waals surface area contributed by atoms with Crippen LogP contribution in [-0.2, 0) is 6.54 Å². The number of hydrogen-bond acceptors (Lipinski definition) is 3. The predicted molar refractivity (Wildman–Crippen MR) is 96.4 cm³/mol. The second-order valence-electron chi connectivity index (χ2n) is 5.27. The summed E-state index contributed by atoms with van der Waals surface area (Å²) in [7, 11) is 1.86. The molecule has 0 fully saturated rings. The number of aromatic nitrogens is 1. The van der Waals surface area contributed by atoms with E-state index in [0.717, 1.165) is 27.8 Å². The minimum Gasteiger partial charge on any atom is -0.357 e. The van der Waals surface area contributed by atoms with Gasteiger partial charge in [0, 0.05) is 28.2 Å². The summed E-state index contributed by atoms with van der Waals surface area (Å²) < 4.78 is 0. The summed E-state index contributed by atoms with van der Waals surface area (Å²) in [6.07, 6.45) is 0. The maximum absolute atomic E-state index is 6.29. The van der Waals surface area contributed by atoms with Crippen LogP contribution in [0.25, 0.3) is 10.9 Å². The molecule has 0 saturated carbocycles. The van der Waals surface area contributed by atoms with E-state index in [1.54, 1.807) is 6.07 Å². The van der Waals surface area contributed by atoms with E-state index >= 15 is 0 Å². The fourth-order valence-electron chi connectivity index (χ4n) is 2.47. The van der Waals surface area contributed by atoms with Crippen LogP contribution in [0.5, 0.6) is 0 Å². The second-order valence-corrected chi connectivity index (χ2v) is 6.08. The van der Waals surface area contributed by atoms with Crippen LogP contribution in [-0.4, -0.2) is 12.0 Å². The van der Waals surface area contributed by atoms with Gasteiger partial charge in [0.25, 0.3) is 0 Å². The molecule has 2 N–H and O–H groups in total. The van der Waals surface area contributed by atoms with Crippen molar-refractivity contribution >= 4 is 45.5 Å². The summed E-state index contributed by atoms with van der Waals surface area (Å²) in [5, 5.41) is 13.9. The Kier molecular flexibility index (Phi) is 4.66. The van der Waals surface area contributed by atoms with Crippen LogP contribution in [0.15, 0.2) is 46.6 Å². The van der Waals surface area contributed by atoms with E-state index in [1.165, 1.54) is 0 Å². The monoisotopic (exact) mass is 346 g/mol. The fourth-order valence-corrected chi connectivity index (χ4v) is 2.92. The van der Waals surface area contributed by atoms with E-state index < -0.39 is 0 Å². The zero-order valence-corrected chi connectivity index (χ0v) is 14.3. The van der Waals surface area contributed by atoms with E-state index in [-0.39, 0.29) is 0 Å². The molecule has 1 heterocycles. The molecule has 0 aliphatic carbocycles. The lowest BCUT2D eigenvalue weighted by Crippen LogP contribution is -2.05. The molecule has 0 radical (unpaired) electrons. The van der Waals surface area contributed by atoms with Gasteiger partial charge in [-0.25, -0.2) is 0 Å². The zero-order chi connectivity index (χ0) is 16.4. The van der Waals surface area contributed by atoms with Crippen molar-refractivity contribution in [2.24, 2.45) is 10.2 Å². The van der Waals surface area contributed by atoms with E-state index in [4.69, 9.17) is 23.2 Å². The molecule has 0 atom stereocenters. The quantitative estimate of drug-likeness (QED) is 0.566. The highest BCUT2D eigenvalue weighted by Gasteiger charge is 2.09. The van der Waals surface area contributed by atoms with Crippen molar-refractivity contribution < 1.29 is 0 Å². The number of fused-ring (bicyclic) bond motifs is 1. The first-order valence-corrected chi connectivity index (χ1v) is 7.97. The van der Waals surface area contributed by atoms with E-state index in [1.807, 2.05) is 44.3 Å². The minimum absolute atomic E-state index is 0.529. The molecule has 0 aliphatic heterocycles. The molecule has 0 saturated heterocycles. The third kappa shape index (κ3) is 3.24. The van der Waals surface area contributed by atoms with Crippen LogP contribution in [0.1, 0.15) is 11.3 Å². The summed E-state index contributed by atoms with van der Waals surface area (Å²) in [6, 6.07) is 11.5. The first-order valence-electron chi connectivity index (χ1n) is 7.21. The molecule has 0 unspecified atom stereocenters. The van der Waals surface area contributed by atoms with E-state index in [9.17, 15) is 0 Å². The van der Waals surface area contributed by atoms with Gasteiger partial charge >= 0.3 is 0 Å². The number of nitrogens with zero attached hydrogens (tertiary/aromatic N) is 2. The average molecular weight is 347 g/mol. The Morgan fingerprint density at radius 3 is 2.65 bits per heavy atom. The third-order valence-electron chi connectivity index (χ3n) is 3.60. The standard InChI is InChI=1S/C17H16Cl2N4/c1-10-17(12-5-3-4-6-15(12)21-10)23-22-16-8-13(18)11(9-20-2)7-14(16)19/h3-8,20-21H,9H2,1-2H3. The van der Waals surface area contributed by atoms with Crippen LogP contribution >= 0.6 is 23.2 Å². The Balaban J connectivity index is 1.99. The highest BCUT2D eigenvalue weighted by molar-refractivity contribution is 6.35. The van der Waals surface area contributed by atoms with E-state index in [2.05, 4.69) is 20.5 Å². The highest BCUT2D eigenvalue weighted by Crippen LogP contribution is 2.35. The van der Waals surface area contributed by atoms with Gasteiger partial charge in [0.05, 0.1) is 5.02 Å². The lowest BCUT2D eigenvalue weighted by Gasteiger charge is -2.06. The van der Waals surface area contributed by atoms with E-state index in [0.29, 0.717) is 22.3 Å². The Labute approximate surface area is 144 Å². The van der Waals surface area contributed by atoms with Crippen molar-refractivity contribution in [2.75, 3.05) is 7.05 Å². The molecule has 0 spiro atoms. The highest BCUT2D eigenvalue weighted by atomic mass is 35.5. The van der Waals surface area contributed by atoms with Gasteiger partial charge in [-0.3, -0.25) is 0 Å². The van der Waals surface area contributed by atoms with Gasteiger partial charge in [-0.15, -0.1) is 10.2 Å². The molecule has 3 rings (SSSR count). The summed E-state index contributed by atoms with van der Waals surface area (Å²) in [5.41, 5.74) is 4.30. The number of rotatable bonds is 4. The average Bonchev–Trinajstić information content (AvgIpc) is 2.85. The summed E-state index contributed by atoms with van der Waals surface area (Å²) in [6.45, 7) is 2.62. The molecule has 118 valence electrons. The molecule has 1 aromatic heterocycles. The molecule has 0 aliphatic rings. The number of H-pyrrole nitrogens is 1. The van der Waals surface area contributed by atoms with Crippen LogP contribution in [0, 0.1) is 6.92 Å². The predicted octanol–water partition coefficient (Wildman–Crippen LogP) is 5.92. The first-order chi connectivity index (χ1) is 11.1. The van der Waals surface area contributed by atoms with Gasteiger partial charge in [-0.2, -0.15) is 0 Å². The van der Waals surface area contributed by atoms with Crippen LogP contribution in [0.4, 0.5) is 11.4 Å². The number of para-hydroxylation sites is 1. The number of halogens is 2. The third-order valence-corrected chi connectivity index (χ3v) is 4.25. The fraction of sp³-hybridized carbons (Fsp3) is 0.176. The lowest BCUT2D eigenvalue weighted by atomic mass is 10.2. The maximum Gasteiger partial charge on any atom is 0.114 e. The van der Waals surface area contributed by atoms with Gasteiger partial charge < -0.3 is 10.3 Å². The Bertz CT molecular complexity index is 884. The molecule has 0 amide bonds. The van der Waals surface area contributed by atoms with Crippen molar-refractivity contribution in [1.29, 1.82) is 0 Å². The first kappa shape index (κ1) is 16.0. The van der Waals surface area contributed by atoms with Gasteiger partial charge in [-0.05, 0) is 37.7 Å². The maximum atomic E-state index is 6.29. The van der Waals surface area contributed by atoms with Crippen molar-refractivity contribution in [1.82, 2.24) is 10.3 Å². The summed E-state index contributed by atoms with van der Waals surface area (Å²) in [5.74, 6) is 0. The molecule has 2 aromatic carbocycles. The summed E-state index contributed by atoms with van der Waals surface area (Å²) >= 11 is 12.5. The van der Waals surface area contributed by atoms with Gasteiger partial charge in [0.15, 0.2) is 0 Å². The van der Waals surface area contributed by atoms with Crippen LogP contribution in [0.2, 0.25) is 10.0 Å². The Morgan fingerprint density at radius 2 is 1.87 bits per heavy atom.